The smallest absolute Gasteiger partial charge is 0.261 e. The lowest BCUT2D eigenvalue weighted by atomic mass is 9.96. The number of hydrogen-bond donors (Lipinski definition) is 0. The molecule has 128 valence electrons. The van der Waals surface area contributed by atoms with Gasteiger partial charge in [-0.3, -0.25) is 9.36 Å². The van der Waals surface area contributed by atoms with E-state index in [-0.39, 0.29) is 5.56 Å². The van der Waals surface area contributed by atoms with Crippen molar-refractivity contribution in [2.45, 2.75) is 26.3 Å². The zero-order valence-corrected chi connectivity index (χ0v) is 14.3. The maximum Gasteiger partial charge on any atom is 0.261 e. The molecule has 0 atom stereocenters. The zero-order valence-electron chi connectivity index (χ0n) is 14.3. The minimum Gasteiger partial charge on any atom is -0.341 e. The number of para-hydroxylation sites is 1. The highest BCUT2D eigenvalue weighted by atomic mass is 16.1. The fourth-order valence-electron chi connectivity index (χ4n) is 3.52. The first kappa shape index (κ1) is 15.7. The Morgan fingerprint density at radius 1 is 1.08 bits per heavy atom. The van der Waals surface area contributed by atoms with Gasteiger partial charge in [-0.2, -0.15) is 0 Å². The van der Waals surface area contributed by atoms with Gasteiger partial charge < -0.3 is 4.90 Å². The summed E-state index contributed by atoms with van der Waals surface area (Å²) in [5.41, 5.74) is 0.842. The van der Waals surface area contributed by atoms with Crippen LogP contribution in [0.3, 0.4) is 0 Å². The lowest BCUT2D eigenvalue weighted by Crippen LogP contribution is -2.37. The van der Waals surface area contributed by atoms with E-state index in [0.29, 0.717) is 11.3 Å². The van der Waals surface area contributed by atoms with E-state index in [2.05, 4.69) is 19.9 Å². The molecule has 0 N–H and O–H groups in total. The molecule has 1 saturated heterocycles. The lowest BCUT2D eigenvalue weighted by Gasteiger charge is -2.32. The number of benzene rings is 1. The third kappa shape index (κ3) is 3.12. The van der Waals surface area contributed by atoms with Crippen LogP contribution >= 0.6 is 0 Å². The second-order valence-corrected chi connectivity index (χ2v) is 6.57. The van der Waals surface area contributed by atoms with Crippen LogP contribution in [0.25, 0.3) is 10.9 Å². The average molecular weight is 335 g/mol. The van der Waals surface area contributed by atoms with E-state index in [1.165, 1.54) is 0 Å². The van der Waals surface area contributed by atoms with E-state index < -0.39 is 0 Å². The molecule has 1 aliphatic rings. The van der Waals surface area contributed by atoms with Gasteiger partial charge >= 0.3 is 0 Å². The van der Waals surface area contributed by atoms with Crippen LogP contribution in [-0.2, 0) is 6.54 Å². The standard InChI is InChI=1S/C19H21N5O/c1-14-22-17-6-3-2-5-16(17)18(25)24(14)13-15-7-11-23(12-8-15)19-20-9-4-10-21-19/h2-6,9-10,15H,7-8,11-13H2,1H3. The SMILES string of the molecule is Cc1nc2ccccc2c(=O)n1CC1CCN(c2ncccn2)CC1. The van der Waals surface area contributed by atoms with Crippen LogP contribution in [0, 0.1) is 12.8 Å². The highest BCUT2D eigenvalue weighted by Crippen LogP contribution is 2.22. The van der Waals surface area contributed by atoms with Gasteiger partial charge in [-0.05, 0) is 43.9 Å². The van der Waals surface area contributed by atoms with Crippen LogP contribution < -0.4 is 10.5 Å². The maximum atomic E-state index is 12.8. The Kier molecular flexibility index (Phi) is 4.17. The zero-order chi connectivity index (χ0) is 17.2. The molecule has 0 aliphatic carbocycles. The Morgan fingerprint density at radius 3 is 2.56 bits per heavy atom. The Morgan fingerprint density at radius 2 is 1.80 bits per heavy atom. The van der Waals surface area contributed by atoms with Crippen molar-refractivity contribution in [3.8, 4) is 0 Å². The second kappa shape index (κ2) is 6.63. The molecule has 4 rings (SSSR count). The molecule has 3 heterocycles. The molecule has 0 radical (unpaired) electrons. The highest BCUT2D eigenvalue weighted by Gasteiger charge is 2.22. The van der Waals surface area contributed by atoms with Crippen LogP contribution in [0.2, 0.25) is 0 Å². The van der Waals surface area contributed by atoms with E-state index in [1.807, 2.05) is 41.8 Å². The first-order chi connectivity index (χ1) is 12.2. The van der Waals surface area contributed by atoms with E-state index in [1.54, 1.807) is 12.4 Å². The van der Waals surface area contributed by atoms with Gasteiger partial charge in [-0.25, -0.2) is 15.0 Å². The summed E-state index contributed by atoms with van der Waals surface area (Å²) in [5.74, 6) is 2.05. The van der Waals surface area contributed by atoms with Crippen LogP contribution in [0.1, 0.15) is 18.7 Å². The van der Waals surface area contributed by atoms with Gasteiger partial charge in [-0.1, -0.05) is 12.1 Å². The molecule has 1 fully saturated rings. The first-order valence-corrected chi connectivity index (χ1v) is 8.70. The lowest BCUT2D eigenvalue weighted by molar-refractivity contribution is 0.347. The summed E-state index contributed by atoms with van der Waals surface area (Å²) in [4.78, 5) is 28.3. The van der Waals surface area contributed by atoms with E-state index in [4.69, 9.17) is 0 Å². The molecule has 0 saturated carbocycles. The van der Waals surface area contributed by atoms with Crippen LogP contribution in [0.5, 0.6) is 0 Å². The molecule has 2 aromatic heterocycles. The molecule has 3 aromatic rings. The summed E-state index contributed by atoms with van der Waals surface area (Å²) in [6.07, 6.45) is 5.60. The number of hydrogen-bond acceptors (Lipinski definition) is 5. The van der Waals surface area contributed by atoms with Crippen LogP contribution in [0.15, 0.2) is 47.5 Å². The number of aromatic nitrogens is 4. The van der Waals surface area contributed by atoms with Gasteiger partial charge in [-0.15, -0.1) is 0 Å². The first-order valence-electron chi connectivity index (χ1n) is 8.70. The molecule has 0 spiro atoms. The molecule has 0 bridgehead atoms. The summed E-state index contributed by atoms with van der Waals surface area (Å²) in [7, 11) is 0. The normalized spacial score (nSPS) is 15.6. The van der Waals surface area contributed by atoms with E-state index >= 15 is 0 Å². The molecular formula is C19H21N5O. The molecule has 25 heavy (non-hydrogen) atoms. The number of anilines is 1. The monoisotopic (exact) mass is 335 g/mol. The molecule has 1 aromatic carbocycles. The summed E-state index contributed by atoms with van der Waals surface area (Å²) >= 11 is 0. The predicted molar refractivity (Wildman–Crippen MR) is 97.7 cm³/mol. The van der Waals surface area contributed by atoms with Crippen LogP contribution in [0.4, 0.5) is 5.95 Å². The minimum absolute atomic E-state index is 0.0666. The van der Waals surface area contributed by atoms with E-state index in [0.717, 1.165) is 49.8 Å². The van der Waals surface area contributed by atoms with Crippen molar-refractivity contribution in [1.29, 1.82) is 0 Å². The number of aryl methyl sites for hydroxylation is 1. The predicted octanol–water partition coefficient (Wildman–Crippen LogP) is 2.41. The number of rotatable bonds is 3. The molecule has 1 aliphatic heterocycles. The molecule has 6 nitrogen and oxygen atoms in total. The Balaban J connectivity index is 1.51. The van der Waals surface area contributed by atoms with Gasteiger partial charge in [0, 0.05) is 32.0 Å². The van der Waals surface area contributed by atoms with Gasteiger partial charge in [0.2, 0.25) is 5.95 Å². The molecule has 0 unspecified atom stereocenters. The number of fused-ring (bicyclic) bond motifs is 1. The molecule has 6 heteroatoms. The Labute approximate surface area is 146 Å². The van der Waals surface area contributed by atoms with Gasteiger partial charge in [0.05, 0.1) is 10.9 Å². The topological polar surface area (TPSA) is 63.9 Å². The van der Waals surface area contributed by atoms with Crippen molar-refractivity contribution in [2.75, 3.05) is 18.0 Å². The quantitative estimate of drug-likeness (QED) is 0.735. The third-order valence-electron chi connectivity index (χ3n) is 4.94. The van der Waals surface area contributed by atoms with E-state index in [9.17, 15) is 4.79 Å². The molecular weight excluding hydrogens is 314 g/mol. The molecule has 0 amide bonds. The Bertz CT molecular complexity index is 929. The largest absolute Gasteiger partial charge is 0.341 e. The van der Waals surface area contributed by atoms with Crippen molar-refractivity contribution < 1.29 is 0 Å². The fourth-order valence-corrected chi connectivity index (χ4v) is 3.52. The summed E-state index contributed by atoms with van der Waals surface area (Å²) in [5, 5.41) is 0.697. The van der Waals surface area contributed by atoms with Crippen molar-refractivity contribution in [2.24, 2.45) is 5.92 Å². The summed E-state index contributed by atoms with van der Waals surface area (Å²) in [6.45, 7) is 4.49. The minimum atomic E-state index is 0.0666. The summed E-state index contributed by atoms with van der Waals surface area (Å²) in [6, 6.07) is 9.39. The van der Waals surface area contributed by atoms with Crippen LogP contribution in [-0.4, -0.2) is 32.6 Å². The van der Waals surface area contributed by atoms with Gasteiger partial charge in [0.1, 0.15) is 5.82 Å². The summed E-state index contributed by atoms with van der Waals surface area (Å²) < 4.78 is 1.83. The maximum absolute atomic E-state index is 12.8. The highest BCUT2D eigenvalue weighted by molar-refractivity contribution is 5.77. The van der Waals surface area contributed by atoms with Crippen molar-refractivity contribution in [3.63, 3.8) is 0 Å². The van der Waals surface area contributed by atoms with Crippen molar-refractivity contribution in [3.05, 3.63) is 58.9 Å². The average Bonchev–Trinajstić information content (AvgIpc) is 2.66. The van der Waals surface area contributed by atoms with Crippen molar-refractivity contribution >= 4 is 16.9 Å². The van der Waals surface area contributed by atoms with Crippen molar-refractivity contribution in [1.82, 2.24) is 19.5 Å². The van der Waals surface area contributed by atoms with Gasteiger partial charge in [0.15, 0.2) is 0 Å². The number of piperidine rings is 1. The van der Waals surface area contributed by atoms with Gasteiger partial charge in [0.25, 0.3) is 5.56 Å². The fraction of sp³-hybridized carbons (Fsp3) is 0.368. The second-order valence-electron chi connectivity index (χ2n) is 6.57. The number of nitrogens with zero attached hydrogens (tertiary/aromatic N) is 5. The Hall–Kier alpha value is -2.76. The third-order valence-corrected chi connectivity index (χ3v) is 4.94.